The Morgan fingerprint density at radius 2 is 1.83 bits per heavy atom. The van der Waals surface area contributed by atoms with Gasteiger partial charge < -0.3 is 5.21 Å². The topological polar surface area (TPSA) is 27.4 Å². The van der Waals surface area contributed by atoms with E-state index < -0.39 is 0 Å². The molecule has 2 heteroatoms. The molecule has 0 aliphatic heterocycles. The fourth-order valence-electron chi connectivity index (χ4n) is 0.995. The summed E-state index contributed by atoms with van der Waals surface area (Å²) in [5.41, 5.74) is 1.99. The molecule has 1 rings (SSSR count). The molecule has 0 spiro atoms. The van der Waals surface area contributed by atoms with Gasteiger partial charge in [-0.1, -0.05) is 26.0 Å². The SMILES string of the molecule is CC(C)c1ccc(C#[N+][O-])cc1. The van der Waals surface area contributed by atoms with Crippen molar-refractivity contribution in [1.29, 1.82) is 0 Å². The minimum Gasteiger partial charge on any atom is -0.498 e. The van der Waals surface area contributed by atoms with Crippen molar-refractivity contribution in [2.45, 2.75) is 19.8 Å². The van der Waals surface area contributed by atoms with Crippen molar-refractivity contribution in [2.24, 2.45) is 0 Å². The van der Waals surface area contributed by atoms with Crippen LogP contribution in [0.5, 0.6) is 0 Å². The molecule has 0 bridgehead atoms. The van der Waals surface area contributed by atoms with E-state index in [2.05, 4.69) is 24.9 Å². The summed E-state index contributed by atoms with van der Waals surface area (Å²) in [5.74, 6) is 0.517. The lowest BCUT2D eigenvalue weighted by Gasteiger charge is -2.02. The third kappa shape index (κ3) is 2.00. The van der Waals surface area contributed by atoms with E-state index in [1.807, 2.05) is 24.3 Å². The fraction of sp³-hybridized carbons (Fsp3) is 0.300. The summed E-state index contributed by atoms with van der Waals surface area (Å²) >= 11 is 0. The Hall–Kier alpha value is -1.49. The van der Waals surface area contributed by atoms with E-state index in [1.165, 1.54) is 5.56 Å². The maximum absolute atomic E-state index is 9.83. The molecule has 0 radical (unpaired) electrons. The molecule has 12 heavy (non-hydrogen) atoms. The van der Waals surface area contributed by atoms with E-state index in [4.69, 9.17) is 0 Å². The van der Waals surface area contributed by atoms with Crippen LogP contribution in [-0.4, -0.2) is 0 Å². The van der Waals surface area contributed by atoms with Gasteiger partial charge in [0, 0.05) is 5.01 Å². The molecule has 0 aromatic heterocycles. The quantitative estimate of drug-likeness (QED) is 0.582. The van der Waals surface area contributed by atoms with E-state index in [9.17, 15) is 5.21 Å². The van der Waals surface area contributed by atoms with Crippen molar-refractivity contribution in [1.82, 2.24) is 0 Å². The van der Waals surface area contributed by atoms with Gasteiger partial charge in [-0.15, -0.1) is 0 Å². The average molecular weight is 161 g/mol. The van der Waals surface area contributed by atoms with Gasteiger partial charge >= 0.3 is 6.07 Å². The van der Waals surface area contributed by atoms with Crippen molar-refractivity contribution in [3.63, 3.8) is 0 Å². The minimum atomic E-state index is 0.517. The number of nitrogens with zero attached hydrogens (tertiary/aromatic N) is 1. The molecule has 0 amide bonds. The van der Waals surface area contributed by atoms with Gasteiger partial charge in [0.1, 0.15) is 5.56 Å². The standard InChI is InChI=1S/C10H11NO/c1-8(2)10-5-3-9(4-6-10)7-11-12/h3-6,8H,1-2H3. The average Bonchev–Trinajstić information content (AvgIpc) is 2.06. The Labute approximate surface area is 72.2 Å². The molecule has 0 saturated carbocycles. The highest BCUT2D eigenvalue weighted by atomic mass is 16.4. The summed E-state index contributed by atoms with van der Waals surface area (Å²) < 4.78 is 0. The molecule has 0 saturated heterocycles. The summed E-state index contributed by atoms with van der Waals surface area (Å²) in [6.07, 6.45) is 0. The number of rotatable bonds is 1. The molecule has 2 nitrogen and oxygen atoms in total. The van der Waals surface area contributed by atoms with E-state index >= 15 is 0 Å². The van der Waals surface area contributed by atoms with Crippen LogP contribution in [0, 0.1) is 11.3 Å². The molecule has 1 aromatic carbocycles. The van der Waals surface area contributed by atoms with E-state index in [0.29, 0.717) is 5.92 Å². The zero-order valence-corrected chi connectivity index (χ0v) is 7.24. The Morgan fingerprint density at radius 3 is 2.25 bits per heavy atom. The minimum absolute atomic E-state index is 0.517. The van der Waals surface area contributed by atoms with Crippen molar-refractivity contribution in [3.05, 3.63) is 45.6 Å². The molecule has 0 aliphatic rings. The molecular weight excluding hydrogens is 150 g/mol. The molecule has 62 valence electrons. The van der Waals surface area contributed by atoms with Gasteiger partial charge in [-0.2, -0.15) is 0 Å². The van der Waals surface area contributed by atoms with Crippen molar-refractivity contribution >= 4 is 0 Å². The highest BCUT2D eigenvalue weighted by Gasteiger charge is 1.99. The van der Waals surface area contributed by atoms with Crippen LogP contribution in [0.3, 0.4) is 0 Å². The van der Waals surface area contributed by atoms with Crippen LogP contribution in [0.1, 0.15) is 30.9 Å². The van der Waals surface area contributed by atoms with Crippen LogP contribution in [0.2, 0.25) is 0 Å². The monoisotopic (exact) mass is 161 g/mol. The first-order chi connectivity index (χ1) is 5.74. The van der Waals surface area contributed by atoms with Crippen molar-refractivity contribution < 1.29 is 0 Å². The van der Waals surface area contributed by atoms with Gasteiger partial charge in [-0.25, -0.2) is 0 Å². The lowest BCUT2D eigenvalue weighted by molar-refractivity contribution is 0.866. The van der Waals surface area contributed by atoms with E-state index in [1.54, 1.807) is 0 Å². The predicted octanol–water partition coefficient (Wildman–Crippen LogP) is 2.99. The first kappa shape index (κ1) is 8.61. The van der Waals surface area contributed by atoms with Crippen LogP contribution < -0.4 is 0 Å². The highest BCUT2D eigenvalue weighted by Crippen LogP contribution is 2.13. The lowest BCUT2D eigenvalue weighted by atomic mass is 10.0. The zero-order valence-electron chi connectivity index (χ0n) is 7.24. The second kappa shape index (κ2) is 3.77. The first-order valence-corrected chi connectivity index (χ1v) is 3.92. The van der Waals surface area contributed by atoms with Gasteiger partial charge in [-0.05, 0) is 23.6 Å². The van der Waals surface area contributed by atoms with Gasteiger partial charge in [0.2, 0.25) is 0 Å². The first-order valence-electron chi connectivity index (χ1n) is 3.92. The van der Waals surface area contributed by atoms with Crippen molar-refractivity contribution in [3.8, 4) is 6.07 Å². The van der Waals surface area contributed by atoms with Gasteiger partial charge in [-0.3, -0.25) is 0 Å². The Kier molecular flexibility index (Phi) is 2.71. The molecule has 0 atom stereocenters. The maximum atomic E-state index is 9.83. The molecule has 0 aliphatic carbocycles. The third-order valence-electron chi connectivity index (χ3n) is 1.75. The Balaban J connectivity index is 2.90. The fourth-order valence-corrected chi connectivity index (χ4v) is 0.995. The predicted molar refractivity (Wildman–Crippen MR) is 50.2 cm³/mol. The van der Waals surface area contributed by atoms with Crippen LogP contribution in [0.25, 0.3) is 5.01 Å². The summed E-state index contributed by atoms with van der Waals surface area (Å²) in [4.78, 5) is 0. The Bertz CT molecular complexity index is 303. The number of hydrogen-bond donors (Lipinski definition) is 0. The largest absolute Gasteiger partial charge is 0.498 e. The van der Waals surface area contributed by atoms with Gasteiger partial charge in [0.15, 0.2) is 0 Å². The highest BCUT2D eigenvalue weighted by molar-refractivity contribution is 5.34. The smallest absolute Gasteiger partial charge is 0.336 e. The molecule has 0 heterocycles. The summed E-state index contributed by atoms with van der Waals surface area (Å²) in [6, 6.07) is 10.00. The summed E-state index contributed by atoms with van der Waals surface area (Å²) in [5, 5.41) is 12.4. The summed E-state index contributed by atoms with van der Waals surface area (Å²) in [6.45, 7) is 4.25. The third-order valence-corrected chi connectivity index (χ3v) is 1.75. The van der Waals surface area contributed by atoms with Crippen LogP contribution in [0.15, 0.2) is 24.3 Å². The van der Waals surface area contributed by atoms with E-state index in [0.717, 1.165) is 5.56 Å². The molecular formula is C10H11NO. The van der Waals surface area contributed by atoms with Crippen LogP contribution in [-0.2, 0) is 0 Å². The van der Waals surface area contributed by atoms with Gasteiger partial charge in [0.05, 0.1) is 0 Å². The second-order valence-electron chi connectivity index (χ2n) is 2.98. The molecule has 0 N–H and O–H groups in total. The van der Waals surface area contributed by atoms with Gasteiger partial charge in [0.25, 0.3) is 0 Å². The number of hydrogen-bond acceptors (Lipinski definition) is 1. The molecule has 0 fully saturated rings. The normalized spacial score (nSPS) is 9.25. The van der Waals surface area contributed by atoms with E-state index in [-0.39, 0.29) is 0 Å². The molecule has 0 unspecified atom stereocenters. The second-order valence-corrected chi connectivity index (χ2v) is 2.98. The zero-order chi connectivity index (χ0) is 8.97. The van der Waals surface area contributed by atoms with Crippen LogP contribution in [0.4, 0.5) is 0 Å². The van der Waals surface area contributed by atoms with Crippen LogP contribution >= 0.6 is 0 Å². The Morgan fingerprint density at radius 1 is 1.25 bits per heavy atom. The molecule has 1 aromatic rings. The summed E-state index contributed by atoms with van der Waals surface area (Å²) in [7, 11) is 0. The maximum Gasteiger partial charge on any atom is 0.336 e. The van der Waals surface area contributed by atoms with Crippen molar-refractivity contribution in [2.75, 3.05) is 0 Å². The number of benzene rings is 1. The lowest BCUT2D eigenvalue weighted by Crippen LogP contribution is -1.85.